The molecule has 0 saturated heterocycles. The zero-order valence-electron chi connectivity index (χ0n) is 28.4. The van der Waals surface area contributed by atoms with Gasteiger partial charge in [0.05, 0.1) is 11.6 Å². The van der Waals surface area contributed by atoms with Crippen LogP contribution in [0.15, 0.2) is 115 Å². The summed E-state index contributed by atoms with van der Waals surface area (Å²) >= 11 is 1.93. The average Bonchev–Trinajstić information content (AvgIpc) is 3.52. The molecule has 1 unspecified atom stereocenters. The number of benzene rings is 5. The van der Waals surface area contributed by atoms with Crippen molar-refractivity contribution < 1.29 is 0 Å². The molecule has 2 fully saturated rings. The van der Waals surface area contributed by atoms with Gasteiger partial charge in [0.2, 0.25) is 0 Å². The van der Waals surface area contributed by atoms with Gasteiger partial charge in [-0.1, -0.05) is 80.6 Å². The van der Waals surface area contributed by atoms with Gasteiger partial charge in [0.15, 0.2) is 17.5 Å². The molecule has 0 aliphatic heterocycles. The fourth-order valence-corrected chi connectivity index (χ4v) is 10.4. The molecule has 5 aromatic carbocycles. The third-order valence-corrected chi connectivity index (χ3v) is 12.2. The molecule has 7 aromatic rings. The first kappa shape index (κ1) is 30.8. The maximum absolute atomic E-state index is 9.32. The molecule has 244 valence electrons. The molecule has 2 aliphatic rings. The number of fused-ring (bicyclic) bond motifs is 5. The van der Waals surface area contributed by atoms with Gasteiger partial charge in [-0.05, 0) is 120 Å². The van der Waals surface area contributed by atoms with Crippen LogP contribution in [0.5, 0.6) is 0 Å². The van der Waals surface area contributed by atoms with Crippen LogP contribution in [0, 0.1) is 29.1 Å². The molecular weight excluding hydrogens is 629 g/mol. The first-order chi connectivity index (χ1) is 24.4. The topological polar surface area (TPSA) is 62.5 Å². The van der Waals surface area contributed by atoms with Crippen LogP contribution in [0.25, 0.3) is 65.5 Å². The summed E-state index contributed by atoms with van der Waals surface area (Å²) in [4.78, 5) is 14.7. The van der Waals surface area contributed by atoms with Gasteiger partial charge in [-0.3, -0.25) is 0 Å². The molecule has 2 bridgehead atoms. The highest BCUT2D eigenvalue weighted by molar-refractivity contribution is 7.25. The molecular formula is C45H38N4S. The minimum Gasteiger partial charge on any atom is -0.208 e. The largest absolute Gasteiger partial charge is 0.208 e. The molecule has 0 N–H and O–H groups in total. The lowest BCUT2D eigenvalue weighted by Gasteiger charge is -2.50. The van der Waals surface area contributed by atoms with E-state index >= 15 is 0 Å². The van der Waals surface area contributed by atoms with E-state index in [4.69, 9.17) is 15.0 Å². The van der Waals surface area contributed by atoms with Gasteiger partial charge in [-0.25, -0.2) is 15.0 Å². The maximum Gasteiger partial charge on any atom is 0.164 e. The van der Waals surface area contributed by atoms with E-state index in [1.165, 1.54) is 57.8 Å². The summed E-state index contributed by atoms with van der Waals surface area (Å²) in [7, 11) is 0. The van der Waals surface area contributed by atoms with Crippen LogP contribution in [0.3, 0.4) is 0 Å². The van der Waals surface area contributed by atoms with Gasteiger partial charge < -0.3 is 0 Å². The Bertz CT molecular complexity index is 2400. The summed E-state index contributed by atoms with van der Waals surface area (Å²) in [5.74, 6) is 4.31. The van der Waals surface area contributed by atoms with E-state index in [2.05, 4.69) is 80.6 Å². The number of hydrogen-bond acceptors (Lipinski definition) is 5. The third-order valence-electron chi connectivity index (χ3n) is 11.1. The molecule has 9 rings (SSSR count). The van der Waals surface area contributed by atoms with Crippen LogP contribution in [0.2, 0.25) is 0 Å². The maximum atomic E-state index is 9.32. The molecule has 0 radical (unpaired) electrons. The molecule has 2 aliphatic carbocycles. The number of aromatic nitrogens is 3. The lowest BCUT2D eigenvalue weighted by Crippen LogP contribution is -2.42. The second-order valence-electron chi connectivity index (χ2n) is 14.9. The van der Waals surface area contributed by atoms with Crippen LogP contribution in [-0.2, 0) is 5.41 Å². The van der Waals surface area contributed by atoms with Crippen molar-refractivity contribution in [2.75, 3.05) is 0 Å². The van der Waals surface area contributed by atoms with E-state index in [0.717, 1.165) is 40.0 Å². The first-order valence-electron chi connectivity index (χ1n) is 17.8. The Morgan fingerprint density at radius 2 is 1.20 bits per heavy atom. The quantitative estimate of drug-likeness (QED) is 0.183. The fraction of sp³-hybridized carbons (Fsp3) is 0.244. The SMILES string of the molecule is C[C@@H]1C[C@@H]2C[C@H](C)CC(c3ccc4c(c3)sc3ccc(-c5cccc(-c6nc(-c7ccccc7)nc(-c7ccc(C#N)cc7)n6)c5)cc34)(C1)C2. The van der Waals surface area contributed by atoms with Crippen molar-refractivity contribution in [1.82, 2.24) is 15.0 Å². The highest BCUT2D eigenvalue weighted by Gasteiger charge is 2.45. The molecule has 2 heterocycles. The van der Waals surface area contributed by atoms with Gasteiger partial charge in [0.1, 0.15) is 0 Å². The van der Waals surface area contributed by atoms with Crippen molar-refractivity contribution in [2.45, 2.75) is 51.4 Å². The third kappa shape index (κ3) is 5.58. The molecule has 2 aromatic heterocycles. The van der Waals surface area contributed by atoms with Crippen LogP contribution in [-0.4, -0.2) is 15.0 Å². The van der Waals surface area contributed by atoms with Crippen molar-refractivity contribution in [3.05, 3.63) is 126 Å². The van der Waals surface area contributed by atoms with E-state index < -0.39 is 0 Å². The van der Waals surface area contributed by atoms with Crippen molar-refractivity contribution in [1.29, 1.82) is 5.26 Å². The molecule has 2 saturated carbocycles. The molecule has 50 heavy (non-hydrogen) atoms. The molecule has 4 nitrogen and oxygen atoms in total. The normalized spacial score (nSPS) is 21.7. The Balaban J connectivity index is 1.09. The Kier molecular flexibility index (Phi) is 7.59. The van der Waals surface area contributed by atoms with Crippen LogP contribution >= 0.6 is 11.3 Å². The highest BCUT2D eigenvalue weighted by atomic mass is 32.1. The van der Waals surface area contributed by atoms with Crippen molar-refractivity contribution >= 4 is 31.5 Å². The number of hydrogen-bond donors (Lipinski definition) is 0. The smallest absolute Gasteiger partial charge is 0.164 e. The van der Waals surface area contributed by atoms with Crippen molar-refractivity contribution in [2.24, 2.45) is 17.8 Å². The highest BCUT2D eigenvalue weighted by Crippen LogP contribution is 2.54. The Labute approximate surface area is 297 Å². The van der Waals surface area contributed by atoms with Crippen LogP contribution in [0.4, 0.5) is 0 Å². The standard InChI is InChI=1S/C45H38N4S/c1-28-19-31-20-29(2)25-45(24-28,26-31)37-16-17-38-39-22-35(15-18-40(39)50-41(38)23-37)34-9-6-10-36(21-34)44-48-42(32-7-4-3-5-8-32)47-43(49-44)33-13-11-30(27-46)12-14-33/h3-18,21-23,28-29,31H,19-20,24-26H2,1-2H3/t28-,29+,31-,45?. The summed E-state index contributed by atoms with van der Waals surface area (Å²) in [6.07, 6.45) is 6.82. The second kappa shape index (κ2) is 12.3. The first-order valence-corrected chi connectivity index (χ1v) is 18.6. The van der Waals surface area contributed by atoms with Gasteiger partial charge in [0.25, 0.3) is 0 Å². The Hall–Kier alpha value is -5.18. The average molecular weight is 667 g/mol. The van der Waals surface area contributed by atoms with Crippen LogP contribution in [0.1, 0.15) is 57.1 Å². The van der Waals surface area contributed by atoms with Crippen LogP contribution < -0.4 is 0 Å². The summed E-state index contributed by atoms with van der Waals surface area (Å²) in [6.45, 7) is 4.95. The number of rotatable bonds is 5. The predicted molar refractivity (Wildman–Crippen MR) is 206 cm³/mol. The molecule has 0 spiro atoms. The van der Waals surface area contributed by atoms with E-state index in [1.54, 1.807) is 17.7 Å². The van der Waals surface area contributed by atoms with Crippen molar-refractivity contribution in [3.63, 3.8) is 0 Å². The molecule has 0 amide bonds. The Morgan fingerprint density at radius 1 is 0.580 bits per heavy atom. The van der Waals surface area contributed by atoms with Gasteiger partial charge in [-0.2, -0.15) is 5.26 Å². The van der Waals surface area contributed by atoms with Crippen molar-refractivity contribution in [3.8, 4) is 51.4 Å². The monoisotopic (exact) mass is 666 g/mol. The summed E-state index contributed by atoms with van der Waals surface area (Å²) in [6, 6.07) is 42.4. The number of nitriles is 1. The fourth-order valence-electron chi connectivity index (χ4n) is 9.23. The zero-order valence-corrected chi connectivity index (χ0v) is 29.3. The minimum absolute atomic E-state index is 0.339. The van der Waals surface area contributed by atoms with E-state index in [1.807, 2.05) is 53.8 Å². The van der Waals surface area contributed by atoms with Gasteiger partial charge in [-0.15, -0.1) is 11.3 Å². The van der Waals surface area contributed by atoms with E-state index in [0.29, 0.717) is 28.5 Å². The number of thiophene rings is 1. The summed E-state index contributed by atoms with van der Waals surface area (Å²) in [5.41, 5.74) is 7.51. The lowest BCUT2D eigenvalue weighted by molar-refractivity contribution is 0.0781. The summed E-state index contributed by atoms with van der Waals surface area (Å²) < 4.78 is 2.73. The van der Waals surface area contributed by atoms with E-state index in [-0.39, 0.29) is 0 Å². The lowest BCUT2D eigenvalue weighted by atomic mass is 9.54. The van der Waals surface area contributed by atoms with Gasteiger partial charge in [0, 0.05) is 36.9 Å². The zero-order chi connectivity index (χ0) is 33.8. The predicted octanol–water partition coefficient (Wildman–Crippen LogP) is 11.9. The second-order valence-corrected chi connectivity index (χ2v) is 16.0. The summed E-state index contributed by atoms with van der Waals surface area (Å²) in [5, 5.41) is 12.0. The number of nitrogens with zero attached hydrogens (tertiary/aromatic N) is 4. The molecule has 4 atom stereocenters. The van der Waals surface area contributed by atoms with E-state index in [9.17, 15) is 5.26 Å². The van der Waals surface area contributed by atoms with Gasteiger partial charge >= 0.3 is 0 Å². The minimum atomic E-state index is 0.339. The Morgan fingerprint density at radius 3 is 1.92 bits per heavy atom. The molecule has 5 heteroatoms.